The first-order chi connectivity index (χ1) is 13.9. The number of urea groups is 1. The van der Waals surface area contributed by atoms with Crippen LogP contribution in [-0.2, 0) is 10.3 Å². The molecule has 1 fully saturated rings. The van der Waals surface area contributed by atoms with Gasteiger partial charge in [-0.05, 0) is 36.2 Å². The van der Waals surface area contributed by atoms with Crippen molar-refractivity contribution in [2.45, 2.75) is 18.9 Å². The van der Waals surface area contributed by atoms with Gasteiger partial charge in [0.1, 0.15) is 11.4 Å². The predicted octanol–water partition coefficient (Wildman–Crippen LogP) is 2.28. The Balaban J connectivity index is 1.54. The largest absolute Gasteiger partial charge is 0.325 e. The average Bonchev–Trinajstić information content (AvgIpc) is 3.12. The van der Waals surface area contributed by atoms with Crippen LogP contribution in [-0.4, -0.2) is 46.6 Å². The number of rotatable bonds is 5. The molecule has 1 N–H and O–H groups in total. The molecule has 29 heavy (non-hydrogen) atoms. The van der Waals surface area contributed by atoms with Crippen molar-refractivity contribution in [3.8, 4) is 0 Å². The Kier molecular flexibility index (Phi) is 4.41. The van der Waals surface area contributed by atoms with Crippen LogP contribution in [0.4, 0.5) is 9.18 Å². The quantitative estimate of drug-likeness (QED) is 0.622. The summed E-state index contributed by atoms with van der Waals surface area (Å²) in [5, 5.41) is 2.69. The molecule has 0 bridgehead atoms. The first-order valence-corrected chi connectivity index (χ1v) is 9.24. The Bertz CT molecular complexity index is 1000. The van der Waals surface area contributed by atoms with E-state index in [1.807, 2.05) is 0 Å². The van der Waals surface area contributed by atoms with Crippen LogP contribution >= 0.6 is 0 Å². The molecule has 1 unspecified atom stereocenters. The van der Waals surface area contributed by atoms with Gasteiger partial charge in [-0.2, -0.15) is 0 Å². The van der Waals surface area contributed by atoms with Crippen LogP contribution in [0.1, 0.15) is 39.6 Å². The molecule has 0 aromatic heterocycles. The molecule has 1 saturated heterocycles. The van der Waals surface area contributed by atoms with Crippen molar-refractivity contribution in [2.75, 3.05) is 13.1 Å². The lowest BCUT2D eigenvalue weighted by atomic mass is 9.87. The lowest BCUT2D eigenvalue weighted by Crippen LogP contribution is -2.44. The summed E-state index contributed by atoms with van der Waals surface area (Å²) in [7, 11) is 0. The van der Waals surface area contributed by atoms with E-state index >= 15 is 0 Å². The van der Waals surface area contributed by atoms with Crippen LogP contribution in [0, 0.1) is 5.82 Å². The number of nitrogens with one attached hydrogen (secondary N) is 1. The second kappa shape index (κ2) is 6.80. The topological polar surface area (TPSA) is 86.8 Å². The van der Waals surface area contributed by atoms with E-state index in [2.05, 4.69) is 5.32 Å². The zero-order valence-electron chi connectivity index (χ0n) is 15.6. The smallest absolute Gasteiger partial charge is 0.319 e. The summed E-state index contributed by atoms with van der Waals surface area (Å²) in [6, 6.07) is 11.3. The summed E-state index contributed by atoms with van der Waals surface area (Å²) in [4.78, 5) is 52.6. The summed E-state index contributed by atoms with van der Waals surface area (Å²) in [6.07, 6.45) is 0.271. The molecular formula is C21H18FN3O4. The zero-order chi connectivity index (χ0) is 20.8. The van der Waals surface area contributed by atoms with E-state index in [1.54, 1.807) is 31.2 Å². The van der Waals surface area contributed by atoms with Crippen molar-refractivity contribution < 1.29 is 23.6 Å². The number of carbonyl (C=O) groups is 4. The summed E-state index contributed by atoms with van der Waals surface area (Å²) in [5.74, 6) is -1.83. The fourth-order valence-corrected chi connectivity index (χ4v) is 3.85. The average molecular weight is 395 g/mol. The Morgan fingerprint density at radius 3 is 1.97 bits per heavy atom. The standard InChI is InChI=1S/C21H18FN3O4/c1-2-21(13-7-9-14(22)10-8-13)19(28)25(20(29)23-21)12-11-24-17(26)15-5-3-4-6-16(15)18(24)27/h3-10H,2,11-12H2,1H3,(H,23,29). The molecule has 0 saturated carbocycles. The van der Waals surface area contributed by atoms with Gasteiger partial charge in [-0.25, -0.2) is 9.18 Å². The van der Waals surface area contributed by atoms with Crippen LogP contribution in [0.3, 0.4) is 0 Å². The molecule has 7 nitrogen and oxygen atoms in total. The lowest BCUT2D eigenvalue weighted by molar-refractivity contribution is -0.131. The number of benzene rings is 2. The van der Waals surface area contributed by atoms with E-state index in [1.165, 1.54) is 24.3 Å². The minimum Gasteiger partial charge on any atom is -0.319 e. The highest BCUT2D eigenvalue weighted by Gasteiger charge is 2.51. The van der Waals surface area contributed by atoms with Crippen molar-refractivity contribution in [1.29, 1.82) is 0 Å². The fraction of sp³-hybridized carbons (Fsp3) is 0.238. The third kappa shape index (κ3) is 2.79. The normalized spacial score (nSPS) is 21.0. The maximum Gasteiger partial charge on any atom is 0.325 e. The highest BCUT2D eigenvalue weighted by molar-refractivity contribution is 6.21. The van der Waals surface area contributed by atoms with Gasteiger partial charge in [-0.1, -0.05) is 31.2 Å². The number of carbonyl (C=O) groups excluding carboxylic acids is 4. The van der Waals surface area contributed by atoms with Gasteiger partial charge >= 0.3 is 6.03 Å². The molecule has 2 aliphatic heterocycles. The van der Waals surface area contributed by atoms with Crippen molar-refractivity contribution in [2.24, 2.45) is 0 Å². The molecule has 1 atom stereocenters. The Morgan fingerprint density at radius 2 is 1.41 bits per heavy atom. The Labute approximate surface area is 166 Å². The molecule has 148 valence electrons. The first-order valence-electron chi connectivity index (χ1n) is 9.24. The van der Waals surface area contributed by atoms with Crippen LogP contribution in [0.2, 0.25) is 0 Å². The summed E-state index contributed by atoms with van der Waals surface area (Å²) < 4.78 is 13.3. The third-order valence-corrected chi connectivity index (χ3v) is 5.47. The van der Waals surface area contributed by atoms with E-state index in [9.17, 15) is 23.6 Å². The first kappa shape index (κ1) is 18.8. The van der Waals surface area contributed by atoms with Gasteiger partial charge in [-0.3, -0.25) is 24.2 Å². The van der Waals surface area contributed by atoms with Crippen molar-refractivity contribution >= 4 is 23.8 Å². The molecule has 2 aromatic rings. The summed E-state index contributed by atoms with van der Waals surface area (Å²) >= 11 is 0. The number of fused-ring (bicyclic) bond motifs is 1. The summed E-state index contributed by atoms with van der Waals surface area (Å²) in [6.45, 7) is 1.52. The number of imide groups is 2. The zero-order valence-corrected chi connectivity index (χ0v) is 15.6. The van der Waals surface area contributed by atoms with Gasteiger partial charge in [0, 0.05) is 13.1 Å². The van der Waals surface area contributed by atoms with Gasteiger partial charge in [-0.15, -0.1) is 0 Å². The van der Waals surface area contributed by atoms with Crippen LogP contribution < -0.4 is 5.32 Å². The number of halogens is 1. The van der Waals surface area contributed by atoms with Gasteiger partial charge in [0.05, 0.1) is 11.1 Å². The molecular weight excluding hydrogens is 377 g/mol. The van der Waals surface area contributed by atoms with E-state index in [0.29, 0.717) is 16.7 Å². The van der Waals surface area contributed by atoms with Gasteiger partial charge < -0.3 is 5.32 Å². The SMILES string of the molecule is CCC1(c2ccc(F)cc2)NC(=O)N(CCN2C(=O)c3ccccc3C2=O)C1=O. The summed E-state index contributed by atoms with van der Waals surface area (Å²) in [5.41, 5.74) is -0.205. The van der Waals surface area contributed by atoms with Gasteiger partial charge in [0.25, 0.3) is 17.7 Å². The monoisotopic (exact) mass is 395 g/mol. The molecule has 0 aliphatic carbocycles. The maximum absolute atomic E-state index is 13.3. The highest BCUT2D eigenvalue weighted by atomic mass is 19.1. The van der Waals surface area contributed by atoms with Crippen LogP contribution in [0.5, 0.6) is 0 Å². The molecule has 2 aliphatic rings. The third-order valence-electron chi connectivity index (χ3n) is 5.47. The molecule has 2 heterocycles. The van der Waals surface area contributed by atoms with Crippen LogP contribution in [0.15, 0.2) is 48.5 Å². The molecule has 5 amide bonds. The molecule has 0 radical (unpaired) electrons. The molecule has 8 heteroatoms. The fourth-order valence-electron chi connectivity index (χ4n) is 3.85. The van der Waals surface area contributed by atoms with E-state index < -0.39 is 35.1 Å². The minimum atomic E-state index is -1.30. The second-order valence-corrected chi connectivity index (χ2v) is 6.96. The number of hydrogen-bond donors (Lipinski definition) is 1. The van der Waals surface area contributed by atoms with E-state index in [4.69, 9.17) is 0 Å². The minimum absolute atomic E-state index is 0.102. The van der Waals surface area contributed by atoms with E-state index in [0.717, 1.165) is 9.80 Å². The van der Waals surface area contributed by atoms with Gasteiger partial charge in [0.15, 0.2) is 0 Å². The van der Waals surface area contributed by atoms with Crippen LogP contribution in [0.25, 0.3) is 0 Å². The number of nitrogens with zero attached hydrogens (tertiary/aromatic N) is 2. The second-order valence-electron chi connectivity index (χ2n) is 6.96. The molecule has 0 spiro atoms. The highest BCUT2D eigenvalue weighted by Crippen LogP contribution is 2.32. The van der Waals surface area contributed by atoms with Crippen molar-refractivity contribution in [3.63, 3.8) is 0 Å². The predicted molar refractivity (Wildman–Crippen MR) is 100 cm³/mol. The molecule has 2 aromatic carbocycles. The Morgan fingerprint density at radius 1 is 0.862 bits per heavy atom. The lowest BCUT2D eigenvalue weighted by Gasteiger charge is -2.26. The number of amides is 5. The van der Waals surface area contributed by atoms with E-state index in [-0.39, 0.29) is 19.5 Å². The maximum atomic E-state index is 13.3. The molecule has 4 rings (SSSR count). The number of hydrogen-bond acceptors (Lipinski definition) is 4. The van der Waals surface area contributed by atoms with Crippen molar-refractivity contribution in [3.05, 3.63) is 71.0 Å². The van der Waals surface area contributed by atoms with Gasteiger partial charge in [0.2, 0.25) is 0 Å². The Hall–Kier alpha value is -3.55. The van der Waals surface area contributed by atoms with Crippen molar-refractivity contribution in [1.82, 2.24) is 15.1 Å².